The van der Waals surface area contributed by atoms with Crippen LogP contribution >= 0.6 is 11.6 Å². The van der Waals surface area contributed by atoms with Crippen molar-refractivity contribution < 1.29 is 22.8 Å². The molecule has 2 amide bonds. The standard InChI is InChI=1S/C17H13ClF3N3O2/c1-10-2-4-11(5-3-10)9-22-24-16(26)15(25)23-12-6-7-14(18)13(8-12)17(19,20)21/h2-9H,1H3,(H,23,25)(H,24,26)/b22-9-. The lowest BCUT2D eigenvalue weighted by atomic mass is 10.2. The number of aryl methyl sites for hydroxylation is 1. The molecule has 5 nitrogen and oxygen atoms in total. The fraction of sp³-hybridized carbons (Fsp3) is 0.118. The average molecular weight is 384 g/mol. The minimum absolute atomic E-state index is 0.218. The van der Waals surface area contributed by atoms with E-state index in [0.29, 0.717) is 11.6 Å². The number of amides is 2. The Kier molecular flexibility index (Phi) is 5.99. The number of benzene rings is 2. The van der Waals surface area contributed by atoms with Crippen molar-refractivity contribution in [3.63, 3.8) is 0 Å². The van der Waals surface area contributed by atoms with E-state index in [1.807, 2.05) is 24.5 Å². The Morgan fingerprint density at radius 2 is 1.73 bits per heavy atom. The summed E-state index contributed by atoms with van der Waals surface area (Å²) in [4.78, 5) is 23.4. The normalized spacial score (nSPS) is 11.4. The summed E-state index contributed by atoms with van der Waals surface area (Å²) >= 11 is 5.49. The molecule has 136 valence electrons. The second-order valence-corrected chi connectivity index (χ2v) is 5.66. The van der Waals surface area contributed by atoms with Gasteiger partial charge in [0, 0.05) is 5.69 Å². The fourth-order valence-corrected chi connectivity index (χ4v) is 2.10. The number of anilines is 1. The van der Waals surface area contributed by atoms with Gasteiger partial charge in [-0.3, -0.25) is 9.59 Å². The van der Waals surface area contributed by atoms with Crippen LogP contribution in [-0.4, -0.2) is 18.0 Å². The van der Waals surface area contributed by atoms with Crippen molar-refractivity contribution in [3.8, 4) is 0 Å². The number of nitrogens with one attached hydrogen (secondary N) is 2. The van der Waals surface area contributed by atoms with Crippen LogP contribution in [0.1, 0.15) is 16.7 Å². The molecule has 2 aromatic rings. The summed E-state index contributed by atoms with van der Waals surface area (Å²) in [5, 5.41) is 5.16. The number of alkyl halides is 3. The van der Waals surface area contributed by atoms with Crippen molar-refractivity contribution in [1.82, 2.24) is 5.43 Å². The Morgan fingerprint density at radius 3 is 2.35 bits per heavy atom. The molecule has 9 heteroatoms. The number of rotatable bonds is 3. The molecule has 0 atom stereocenters. The van der Waals surface area contributed by atoms with Gasteiger partial charge < -0.3 is 5.32 Å². The first-order valence-corrected chi connectivity index (χ1v) is 7.62. The third-order valence-corrected chi connectivity index (χ3v) is 3.52. The molecule has 0 unspecified atom stereocenters. The number of halogens is 4. The lowest BCUT2D eigenvalue weighted by Crippen LogP contribution is -2.32. The van der Waals surface area contributed by atoms with E-state index in [0.717, 1.165) is 17.7 Å². The van der Waals surface area contributed by atoms with Gasteiger partial charge in [0.1, 0.15) is 0 Å². The van der Waals surface area contributed by atoms with Gasteiger partial charge in [-0.25, -0.2) is 5.43 Å². The van der Waals surface area contributed by atoms with Gasteiger partial charge in [0.05, 0.1) is 16.8 Å². The number of hydrogen-bond donors (Lipinski definition) is 2. The predicted octanol–water partition coefficient (Wildman–Crippen LogP) is 3.76. The summed E-state index contributed by atoms with van der Waals surface area (Å²) in [6.45, 7) is 1.91. The molecule has 0 saturated heterocycles. The molecular formula is C17H13ClF3N3O2. The van der Waals surface area contributed by atoms with E-state index in [4.69, 9.17) is 11.6 Å². The Hall–Kier alpha value is -2.87. The van der Waals surface area contributed by atoms with Crippen LogP contribution in [0.25, 0.3) is 0 Å². The predicted molar refractivity (Wildman–Crippen MR) is 92.0 cm³/mol. The Balaban J connectivity index is 1.99. The highest BCUT2D eigenvalue weighted by Crippen LogP contribution is 2.36. The first-order chi connectivity index (χ1) is 12.2. The third kappa shape index (κ3) is 5.32. The van der Waals surface area contributed by atoms with Crippen LogP contribution in [0.4, 0.5) is 18.9 Å². The third-order valence-electron chi connectivity index (χ3n) is 3.19. The van der Waals surface area contributed by atoms with Gasteiger partial charge in [0.2, 0.25) is 0 Å². The van der Waals surface area contributed by atoms with Crippen LogP contribution in [0.3, 0.4) is 0 Å². The van der Waals surface area contributed by atoms with Crippen molar-refractivity contribution in [3.05, 3.63) is 64.2 Å². The number of carbonyl (C=O) groups excluding carboxylic acids is 2. The molecule has 2 aromatic carbocycles. The van der Waals surface area contributed by atoms with E-state index in [9.17, 15) is 22.8 Å². The van der Waals surface area contributed by atoms with Crippen LogP contribution in [0.5, 0.6) is 0 Å². The molecule has 0 aliphatic rings. The van der Waals surface area contributed by atoms with Gasteiger partial charge in [-0.15, -0.1) is 0 Å². The highest BCUT2D eigenvalue weighted by molar-refractivity contribution is 6.39. The zero-order chi connectivity index (χ0) is 19.3. The largest absolute Gasteiger partial charge is 0.417 e. The van der Waals surface area contributed by atoms with E-state index >= 15 is 0 Å². The topological polar surface area (TPSA) is 70.6 Å². The molecule has 26 heavy (non-hydrogen) atoms. The first-order valence-electron chi connectivity index (χ1n) is 7.24. The fourth-order valence-electron chi connectivity index (χ4n) is 1.88. The van der Waals surface area contributed by atoms with Gasteiger partial charge in [0.15, 0.2) is 0 Å². The monoisotopic (exact) mass is 383 g/mol. The van der Waals surface area contributed by atoms with Crippen molar-refractivity contribution in [2.24, 2.45) is 5.10 Å². The smallest absolute Gasteiger partial charge is 0.318 e. The minimum Gasteiger partial charge on any atom is -0.318 e. The van der Waals surface area contributed by atoms with Crippen molar-refractivity contribution in [1.29, 1.82) is 0 Å². The van der Waals surface area contributed by atoms with Crippen molar-refractivity contribution in [2.45, 2.75) is 13.1 Å². The quantitative estimate of drug-likeness (QED) is 0.481. The van der Waals surface area contributed by atoms with E-state index in [1.165, 1.54) is 6.21 Å². The summed E-state index contributed by atoms with van der Waals surface area (Å²) < 4.78 is 38.3. The molecule has 0 heterocycles. The van der Waals surface area contributed by atoms with Crippen LogP contribution in [0.2, 0.25) is 5.02 Å². The van der Waals surface area contributed by atoms with Gasteiger partial charge in [-0.1, -0.05) is 41.4 Å². The maximum Gasteiger partial charge on any atom is 0.417 e. The molecule has 0 spiro atoms. The zero-order valence-corrected chi connectivity index (χ0v) is 14.2. The van der Waals surface area contributed by atoms with Crippen LogP contribution in [0, 0.1) is 6.92 Å². The molecule has 0 aliphatic carbocycles. The molecule has 2 N–H and O–H groups in total. The Labute approximate surface area is 151 Å². The Morgan fingerprint density at radius 1 is 1.08 bits per heavy atom. The van der Waals surface area contributed by atoms with Gasteiger partial charge in [-0.05, 0) is 30.7 Å². The maximum atomic E-state index is 12.8. The van der Waals surface area contributed by atoms with Gasteiger partial charge >= 0.3 is 18.0 Å². The van der Waals surface area contributed by atoms with E-state index < -0.39 is 28.6 Å². The SMILES string of the molecule is Cc1ccc(/C=N\NC(=O)C(=O)Nc2ccc(Cl)c(C(F)(F)F)c2)cc1. The molecule has 0 aliphatic heterocycles. The summed E-state index contributed by atoms with van der Waals surface area (Å²) in [6.07, 6.45) is -3.35. The number of hydrazone groups is 1. The summed E-state index contributed by atoms with van der Waals surface area (Å²) in [7, 11) is 0. The molecule has 0 aromatic heterocycles. The highest BCUT2D eigenvalue weighted by atomic mass is 35.5. The van der Waals surface area contributed by atoms with E-state index in [-0.39, 0.29) is 5.69 Å². The van der Waals surface area contributed by atoms with E-state index in [1.54, 1.807) is 12.1 Å². The molecule has 0 fully saturated rings. The zero-order valence-electron chi connectivity index (χ0n) is 13.4. The summed E-state index contributed by atoms with van der Waals surface area (Å²) in [5.74, 6) is -2.29. The highest BCUT2D eigenvalue weighted by Gasteiger charge is 2.33. The maximum absolute atomic E-state index is 12.8. The first kappa shape index (κ1) is 19.5. The molecule has 0 bridgehead atoms. The Bertz CT molecular complexity index is 849. The minimum atomic E-state index is -4.68. The second kappa shape index (κ2) is 8.01. The molecular weight excluding hydrogens is 371 g/mol. The lowest BCUT2D eigenvalue weighted by Gasteiger charge is -2.11. The summed E-state index contributed by atoms with van der Waals surface area (Å²) in [5.41, 5.74) is 2.40. The molecule has 2 rings (SSSR count). The average Bonchev–Trinajstić information content (AvgIpc) is 2.57. The second-order valence-electron chi connectivity index (χ2n) is 5.26. The molecule has 0 radical (unpaired) electrons. The molecule has 0 saturated carbocycles. The van der Waals surface area contributed by atoms with Crippen LogP contribution in [0.15, 0.2) is 47.6 Å². The number of nitrogens with zero attached hydrogens (tertiary/aromatic N) is 1. The number of hydrogen-bond acceptors (Lipinski definition) is 3. The number of carbonyl (C=O) groups is 2. The van der Waals surface area contributed by atoms with Gasteiger partial charge in [0.25, 0.3) is 0 Å². The van der Waals surface area contributed by atoms with Crippen molar-refractivity contribution >= 4 is 35.3 Å². The van der Waals surface area contributed by atoms with Crippen LogP contribution in [-0.2, 0) is 15.8 Å². The van der Waals surface area contributed by atoms with Crippen molar-refractivity contribution in [2.75, 3.05) is 5.32 Å². The van der Waals surface area contributed by atoms with E-state index in [2.05, 4.69) is 10.4 Å². The van der Waals surface area contributed by atoms with Gasteiger partial charge in [-0.2, -0.15) is 18.3 Å². The van der Waals surface area contributed by atoms with Crippen LogP contribution < -0.4 is 10.7 Å². The summed E-state index contributed by atoms with van der Waals surface area (Å²) in [6, 6.07) is 9.98. The lowest BCUT2D eigenvalue weighted by molar-refractivity contribution is -0.137.